The quantitative estimate of drug-likeness (QED) is 0.534. The Morgan fingerprint density at radius 1 is 1.33 bits per heavy atom. The van der Waals surface area contributed by atoms with Crippen LogP contribution in [0.3, 0.4) is 0 Å². The molecule has 1 aromatic heterocycles. The Morgan fingerprint density at radius 3 is 2.70 bits per heavy atom. The summed E-state index contributed by atoms with van der Waals surface area (Å²) < 4.78 is 15.3. The SMILES string of the molecule is CN=C(NCc1ccc(F)cc1CSC)NCC(c1cnn(C)c1)N(C)C. The summed E-state index contributed by atoms with van der Waals surface area (Å²) in [5, 5.41) is 11.0. The monoisotopic (exact) mass is 392 g/mol. The molecule has 6 nitrogen and oxygen atoms in total. The number of guanidine groups is 1. The zero-order valence-corrected chi connectivity index (χ0v) is 17.5. The maximum absolute atomic E-state index is 13.5. The topological polar surface area (TPSA) is 57.5 Å². The standard InChI is InChI=1S/C19H29FN6S/c1-21-19(22-9-14-6-7-17(20)8-15(14)13-27-5)23-11-18(25(2)3)16-10-24-26(4)12-16/h6-8,10,12,18H,9,11,13H2,1-5H3,(H2,21,22,23). The number of aryl methyl sites for hydroxylation is 1. The second kappa shape index (κ2) is 10.3. The highest BCUT2D eigenvalue weighted by Gasteiger charge is 2.16. The maximum Gasteiger partial charge on any atom is 0.191 e. The highest BCUT2D eigenvalue weighted by Crippen LogP contribution is 2.17. The van der Waals surface area contributed by atoms with Gasteiger partial charge in [-0.3, -0.25) is 9.67 Å². The average Bonchev–Trinajstić information content (AvgIpc) is 3.05. The molecule has 0 aliphatic rings. The van der Waals surface area contributed by atoms with E-state index < -0.39 is 0 Å². The van der Waals surface area contributed by atoms with Crippen molar-refractivity contribution in [3.8, 4) is 0 Å². The molecule has 1 atom stereocenters. The number of hydrogen-bond donors (Lipinski definition) is 2. The first kappa shape index (κ1) is 21.2. The third-order valence-electron chi connectivity index (χ3n) is 4.33. The molecule has 0 amide bonds. The molecule has 1 unspecified atom stereocenters. The van der Waals surface area contributed by atoms with E-state index in [4.69, 9.17) is 0 Å². The molecule has 2 aromatic rings. The van der Waals surface area contributed by atoms with E-state index in [0.29, 0.717) is 19.0 Å². The van der Waals surface area contributed by atoms with Crippen molar-refractivity contribution >= 4 is 17.7 Å². The molecule has 27 heavy (non-hydrogen) atoms. The number of nitrogens with zero attached hydrogens (tertiary/aromatic N) is 4. The highest BCUT2D eigenvalue weighted by molar-refractivity contribution is 7.97. The maximum atomic E-state index is 13.5. The third-order valence-corrected chi connectivity index (χ3v) is 4.93. The molecule has 8 heteroatoms. The first-order valence-electron chi connectivity index (χ1n) is 8.80. The van der Waals surface area contributed by atoms with Crippen molar-refractivity contribution in [3.63, 3.8) is 0 Å². The highest BCUT2D eigenvalue weighted by atomic mass is 32.2. The van der Waals surface area contributed by atoms with Crippen LogP contribution in [0.2, 0.25) is 0 Å². The van der Waals surface area contributed by atoms with Gasteiger partial charge in [0.05, 0.1) is 12.2 Å². The van der Waals surface area contributed by atoms with E-state index in [2.05, 4.69) is 25.6 Å². The van der Waals surface area contributed by atoms with Gasteiger partial charge < -0.3 is 15.5 Å². The second-order valence-electron chi connectivity index (χ2n) is 6.58. The average molecular weight is 393 g/mol. The van der Waals surface area contributed by atoms with E-state index in [9.17, 15) is 4.39 Å². The van der Waals surface area contributed by atoms with Crippen molar-refractivity contribution in [3.05, 3.63) is 53.1 Å². The second-order valence-corrected chi connectivity index (χ2v) is 7.45. The van der Waals surface area contributed by atoms with Crippen LogP contribution in [0.1, 0.15) is 22.7 Å². The molecule has 148 valence electrons. The van der Waals surface area contributed by atoms with E-state index >= 15 is 0 Å². The predicted octanol–water partition coefficient (Wildman–Crippen LogP) is 2.39. The molecular weight excluding hydrogens is 363 g/mol. The fourth-order valence-electron chi connectivity index (χ4n) is 2.86. The molecule has 1 aromatic carbocycles. The number of halogens is 1. The zero-order chi connectivity index (χ0) is 19.8. The number of thioether (sulfide) groups is 1. The van der Waals surface area contributed by atoms with Gasteiger partial charge in [0.2, 0.25) is 0 Å². The van der Waals surface area contributed by atoms with Gasteiger partial charge in [0.1, 0.15) is 5.82 Å². The normalized spacial score (nSPS) is 13.1. The molecule has 0 bridgehead atoms. The van der Waals surface area contributed by atoms with Crippen molar-refractivity contribution in [2.45, 2.75) is 18.3 Å². The van der Waals surface area contributed by atoms with Crippen LogP contribution in [0.4, 0.5) is 4.39 Å². The number of benzene rings is 1. The van der Waals surface area contributed by atoms with Gasteiger partial charge in [0, 0.05) is 44.7 Å². The van der Waals surface area contributed by atoms with E-state index in [-0.39, 0.29) is 11.9 Å². The number of aliphatic imine (C=N–C) groups is 1. The summed E-state index contributed by atoms with van der Waals surface area (Å²) in [5.41, 5.74) is 3.23. The van der Waals surface area contributed by atoms with Crippen molar-refractivity contribution in [1.82, 2.24) is 25.3 Å². The van der Waals surface area contributed by atoms with Gasteiger partial charge in [0.15, 0.2) is 5.96 Å². The van der Waals surface area contributed by atoms with Crippen LogP contribution in [0, 0.1) is 5.82 Å². The summed E-state index contributed by atoms with van der Waals surface area (Å²) in [6.07, 6.45) is 5.92. The molecule has 0 fully saturated rings. The summed E-state index contributed by atoms with van der Waals surface area (Å²) in [6.45, 7) is 1.29. The molecule has 2 N–H and O–H groups in total. The summed E-state index contributed by atoms with van der Waals surface area (Å²) in [7, 11) is 7.75. The number of rotatable bonds is 8. The van der Waals surface area contributed by atoms with Gasteiger partial charge in [-0.1, -0.05) is 6.07 Å². The van der Waals surface area contributed by atoms with Crippen molar-refractivity contribution in [1.29, 1.82) is 0 Å². The lowest BCUT2D eigenvalue weighted by atomic mass is 10.1. The van der Waals surface area contributed by atoms with Crippen LogP contribution >= 0.6 is 11.8 Å². The minimum atomic E-state index is -0.199. The number of likely N-dealkylation sites (N-methyl/N-ethyl adjacent to an activating group) is 1. The van der Waals surface area contributed by atoms with Crippen LogP contribution in [0.15, 0.2) is 35.6 Å². The van der Waals surface area contributed by atoms with Gasteiger partial charge in [-0.25, -0.2) is 4.39 Å². The van der Waals surface area contributed by atoms with Gasteiger partial charge in [-0.2, -0.15) is 16.9 Å². The summed E-state index contributed by atoms with van der Waals surface area (Å²) in [6, 6.07) is 5.12. The van der Waals surface area contributed by atoms with Crippen molar-refractivity contribution in [2.24, 2.45) is 12.0 Å². The van der Waals surface area contributed by atoms with Crippen LogP contribution in [0.5, 0.6) is 0 Å². The van der Waals surface area contributed by atoms with Crippen LogP contribution in [-0.4, -0.2) is 54.6 Å². The van der Waals surface area contributed by atoms with Crippen LogP contribution < -0.4 is 10.6 Å². The van der Waals surface area contributed by atoms with E-state index in [0.717, 1.165) is 22.4 Å². The molecule has 0 aliphatic heterocycles. The van der Waals surface area contributed by atoms with Gasteiger partial charge >= 0.3 is 0 Å². The minimum Gasteiger partial charge on any atom is -0.354 e. The molecule has 0 saturated carbocycles. The van der Waals surface area contributed by atoms with Gasteiger partial charge in [-0.05, 0) is 43.6 Å². The Bertz CT molecular complexity index is 758. The first-order valence-corrected chi connectivity index (χ1v) is 10.2. The molecule has 1 heterocycles. The summed E-state index contributed by atoms with van der Waals surface area (Å²) in [4.78, 5) is 6.45. The first-order chi connectivity index (χ1) is 12.9. The third kappa shape index (κ3) is 6.25. The van der Waals surface area contributed by atoms with Gasteiger partial charge in [0.25, 0.3) is 0 Å². The Balaban J connectivity index is 1.98. The lowest BCUT2D eigenvalue weighted by Gasteiger charge is -2.24. The van der Waals surface area contributed by atoms with Crippen LogP contribution in [-0.2, 0) is 19.3 Å². The molecule has 0 aliphatic carbocycles. The van der Waals surface area contributed by atoms with E-state index in [1.54, 1.807) is 29.6 Å². The molecule has 0 saturated heterocycles. The fourth-order valence-corrected chi connectivity index (χ4v) is 3.44. The largest absolute Gasteiger partial charge is 0.354 e. The molecular formula is C19H29FN6S. The Hall–Kier alpha value is -2.06. The Labute approximate surface area is 165 Å². The van der Waals surface area contributed by atoms with Crippen LogP contribution in [0.25, 0.3) is 0 Å². The zero-order valence-electron chi connectivity index (χ0n) is 16.7. The van der Waals surface area contributed by atoms with Gasteiger partial charge in [-0.15, -0.1) is 0 Å². The van der Waals surface area contributed by atoms with Crippen molar-refractivity contribution in [2.75, 3.05) is 33.9 Å². The molecule has 0 spiro atoms. The van der Waals surface area contributed by atoms with Crippen molar-refractivity contribution < 1.29 is 4.39 Å². The predicted molar refractivity (Wildman–Crippen MR) is 111 cm³/mol. The molecule has 2 rings (SSSR count). The lowest BCUT2D eigenvalue weighted by Crippen LogP contribution is -2.41. The number of nitrogens with one attached hydrogen (secondary N) is 2. The Morgan fingerprint density at radius 2 is 2.11 bits per heavy atom. The fraction of sp³-hybridized carbons (Fsp3) is 0.474. The lowest BCUT2D eigenvalue weighted by molar-refractivity contribution is 0.298. The number of aromatic nitrogens is 2. The number of hydrogen-bond acceptors (Lipinski definition) is 4. The van der Waals surface area contributed by atoms with E-state index in [1.807, 2.05) is 45.9 Å². The Kier molecular flexibility index (Phi) is 8.12. The smallest absolute Gasteiger partial charge is 0.191 e. The summed E-state index contributed by atoms with van der Waals surface area (Å²) >= 11 is 1.68. The molecule has 0 radical (unpaired) electrons. The minimum absolute atomic E-state index is 0.176. The summed E-state index contributed by atoms with van der Waals surface area (Å²) in [5.74, 6) is 1.30. The van der Waals surface area contributed by atoms with E-state index in [1.165, 1.54) is 6.07 Å².